The van der Waals surface area contributed by atoms with Gasteiger partial charge in [-0.15, -0.1) is 0 Å². The molecule has 0 unspecified atom stereocenters. The van der Waals surface area contributed by atoms with E-state index in [9.17, 15) is 21.6 Å². The van der Waals surface area contributed by atoms with Crippen LogP contribution in [0.4, 0.5) is 5.69 Å². The zero-order valence-electron chi connectivity index (χ0n) is 25.4. The number of fused-ring (bicyclic) bond motifs is 2. The SMILES string of the molecule is CS(=O)(=O)OCCOc1ccc(CN2C(=O)C3(OCCCO3)c3cc(S(=O)(=O)N4CCC[C@H]4COc4ccccc4)ccc32)cc1. The van der Waals surface area contributed by atoms with Crippen molar-refractivity contribution >= 4 is 31.7 Å². The number of anilines is 1. The fraction of sp³-hybridized carbons (Fsp3) is 0.406. The minimum absolute atomic E-state index is 0.0467. The normalized spacial score (nSPS) is 19.8. The van der Waals surface area contributed by atoms with Crippen LogP contribution in [0.5, 0.6) is 11.5 Å². The summed E-state index contributed by atoms with van der Waals surface area (Å²) in [6.07, 6.45) is 2.97. The third kappa shape index (κ3) is 6.77. The van der Waals surface area contributed by atoms with Crippen molar-refractivity contribution in [1.29, 1.82) is 0 Å². The monoisotopic (exact) mass is 672 g/mol. The molecular formula is C32H36N2O10S2. The van der Waals surface area contributed by atoms with E-state index in [1.54, 1.807) is 35.2 Å². The van der Waals surface area contributed by atoms with E-state index in [2.05, 4.69) is 4.18 Å². The van der Waals surface area contributed by atoms with E-state index in [1.165, 1.54) is 16.4 Å². The predicted molar refractivity (Wildman–Crippen MR) is 167 cm³/mol. The highest BCUT2D eigenvalue weighted by Gasteiger charge is 2.55. The molecule has 3 heterocycles. The fourth-order valence-corrected chi connectivity index (χ4v) is 7.98. The summed E-state index contributed by atoms with van der Waals surface area (Å²) in [5, 5.41) is 0. The van der Waals surface area contributed by atoms with E-state index in [4.69, 9.17) is 18.9 Å². The van der Waals surface area contributed by atoms with E-state index in [0.717, 1.165) is 11.8 Å². The number of sulfonamides is 1. The molecule has 1 spiro atoms. The predicted octanol–water partition coefficient (Wildman–Crippen LogP) is 3.41. The van der Waals surface area contributed by atoms with E-state index in [0.29, 0.717) is 48.6 Å². The number of nitrogens with zero attached hydrogens (tertiary/aromatic N) is 2. The molecule has 1 atom stereocenters. The summed E-state index contributed by atoms with van der Waals surface area (Å²) in [5.74, 6) is -0.973. The van der Waals surface area contributed by atoms with Gasteiger partial charge in [0.1, 0.15) is 31.3 Å². The highest BCUT2D eigenvalue weighted by molar-refractivity contribution is 7.89. The lowest BCUT2D eigenvalue weighted by Gasteiger charge is -2.32. The van der Waals surface area contributed by atoms with Crippen LogP contribution in [0.1, 0.15) is 30.4 Å². The van der Waals surface area contributed by atoms with Crippen molar-refractivity contribution in [3.63, 3.8) is 0 Å². The second-order valence-electron chi connectivity index (χ2n) is 11.3. The molecule has 6 rings (SSSR count). The molecule has 3 aromatic rings. The Morgan fingerprint density at radius 1 is 0.870 bits per heavy atom. The molecule has 246 valence electrons. The summed E-state index contributed by atoms with van der Waals surface area (Å²) < 4.78 is 79.9. The molecule has 3 aliphatic heterocycles. The topological polar surface area (TPSA) is 138 Å². The van der Waals surface area contributed by atoms with Gasteiger partial charge in [-0.1, -0.05) is 30.3 Å². The summed E-state index contributed by atoms with van der Waals surface area (Å²) in [6.45, 7) is 1.29. The van der Waals surface area contributed by atoms with E-state index in [1.807, 2.05) is 30.3 Å². The first-order chi connectivity index (χ1) is 22.1. The highest BCUT2D eigenvalue weighted by atomic mass is 32.2. The molecule has 3 aliphatic rings. The smallest absolute Gasteiger partial charge is 0.292 e. The molecule has 46 heavy (non-hydrogen) atoms. The average Bonchev–Trinajstić information content (AvgIpc) is 3.62. The first-order valence-electron chi connectivity index (χ1n) is 15.1. The van der Waals surface area contributed by atoms with Gasteiger partial charge in [-0.25, -0.2) is 8.42 Å². The van der Waals surface area contributed by atoms with Gasteiger partial charge in [0.05, 0.1) is 42.6 Å². The summed E-state index contributed by atoms with van der Waals surface area (Å²) in [4.78, 5) is 15.6. The van der Waals surface area contributed by atoms with E-state index < -0.39 is 31.8 Å². The van der Waals surface area contributed by atoms with Gasteiger partial charge in [0.25, 0.3) is 21.8 Å². The molecule has 0 N–H and O–H groups in total. The van der Waals surface area contributed by atoms with Gasteiger partial charge in [0.2, 0.25) is 10.0 Å². The third-order valence-corrected chi connectivity index (χ3v) is 10.6. The number of hydrogen-bond acceptors (Lipinski definition) is 10. The molecule has 2 fully saturated rings. The lowest BCUT2D eigenvalue weighted by molar-refractivity contribution is -0.256. The lowest BCUT2D eigenvalue weighted by atomic mass is 10.1. The van der Waals surface area contributed by atoms with Gasteiger partial charge in [-0.2, -0.15) is 12.7 Å². The Labute approximate surface area is 268 Å². The van der Waals surface area contributed by atoms with Crippen molar-refractivity contribution in [3.8, 4) is 11.5 Å². The number of ether oxygens (including phenoxy) is 4. The number of carbonyl (C=O) groups is 1. The summed E-state index contributed by atoms with van der Waals surface area (Å²) in [7, 11) is -7.48. The van der Waals surface area contributed by atoms with Crippen molar-refractivity contribution < 1.29 is 44.8 Å². The molecular weight excluding hydrogens is 636 g/mol. The Hall–Kier alpha value is -3.53. The van der Waals surface area contributed by atoms with Crippen molar-refractivity contribution in [3.05, 3.63) is 83.9 Å². The zero-order valence-corrected chi connectivity index (χ0v) is 27.0. The van der Waals surface area contributed by atoms with Gasteiger partial charge in [0.15, 0.2) is 0 Å². The molecule has 1 amide bonds. The molecule has 14 heteroatoms. The largest absolute Gasteiger partial charge is 0.492 e. The second kappa shape index (κ2) is 13.3. The Morgan fingerprint density at radius 2 is 1.59 bits per heavy atom. The first kappa shape index (κ1) is 32.4. The van der Waals surface area contributed by atoms with Crippen molar-refractivity contribution in [2.75, 3.05) is 50.7 Å². The maximum Gasteiger partial charge on any atom is 0.292 e. The standard InChI is InChI=1S/C32H36N2O10S2/c1-45(36,37)44-20-19-40-27-12-10-24(11-13-27)22-33-30-15-14-28(21-29(30)32(31(33)35)42-17-6-18-43-32)46(38,39)34-16-5-7-25(34)23-41-26-8-3-2-4-9-26/h2-4,8-15,21,25H,5-7,16-20,22-23H2,1H3/t25-/m0/s1. The number of rotatable bonds is 12. The van der Waals surface area contributed by atoms with E-state index >= 15 is 0 Å². The van der Waals surface area contributed by atoms with Gasteiger partial charge in [0, 0.05) is 12.1 Å². The van der Waals surface area contributed by atoms with Crippen LogP contribution in [-0.4, -0.2) is 78.9 Å². The van der Waals surface area contributed by atoms with Crippen molar-refractivity contribution in [2.45, 2.75) is 42.5 Å². The minimum Gasteiger partial charge on any atom is -0.492 e. The summed E-state index contributed by atoms with van der Waals surface area (Å²) >= 11 is 0. The summed E-state index contributed by atoms with van der Waals surface area (Å²) in [6, 6.07) is 20.6. The van der Waals surface area contributed by atoms with Crippen LogP contribution >= 0.6 is 0 Å². The van der Waals surface area contributed by atoms with Crippen LogP contribution in [0.15, 0.2) is 77.7 Å². The molecule has 0 aromatic heterocycles. The van der Waals surface area contributed by atoms with Crippen LogP contribution in [-0.2, 0) is 50.9 Å². The van der Waals surface area contributed by atoms with Crippen LogP contribution in [0.2, 0.25) is 0 Å². The van der Waals surface area contributed by atoms with Gasteiger partial charge in [-0.05, 0) is 67.3 Å². The van der Waals surface area contributed by atoms with Gasteiger partial charge >= 0.3 is 0 Å². The number of amides is 1. The quantitative estimate of drug-likeness (QED) is 0.208. The average molecular weight is 673 g/mol. The zero-order chi connectivity index (χ0) is 32.4. The Balaban J connectivity index is 1.22. The van der Waals surface area contributed by atoms with Crippen molar-refractivity contribution in [2.24, 2.45) is 0 Å². The van der Waals surface area contributed by atoms with Crippen molar-refractivity contribution in [1.82, 2.24) is 4.31 Å². The van der Waals surface area contributed by atoms with E-state index in [-0.39, 0.29) is 50.5 Å². The number of para-hydroxylation sites is 1. The maximum atomic E-state index is 14.0. The van der Waals surface area contributed by atoms with Crippen LogP contribution < -0.4 is 14.4 Å². The Kier molecular flexibility index (Phi) is 9.37. The molecule has 0 bridgehead atoms. The number of benzene rings is 3. The lowest BCUT2D eigenvalue weighted by Crippen LogP contribution is -2.47. The Bertz CT molecular complexity index is 1760. The maximum absolute atomic E-state index is 14.0. The summed E-state index contributed by atoms with van der Waals surface area (Å²) in [5.41, 5.74) is 1.65. The number of carbonyl (C=O) groups excluding carboxylic acids is 1. The molecule has 3 aromatic carbocycles. The fourth-order valence-electron chi connectivity index (χ4n) is 5.90. The van der Waals surface area contributed by atoms with Gasteiger partial charge < -0.3 is 23.8 Å². The minimum atomic E-state index is -3.93. The molecule has 12 nitrogen and oxygen atoms in total. The van der Waals surface area contributed by atoms with Crippen LogP contribution in [0.3, 0.4) is 0 Å². The van der Waals surface area contributed by atoms with Gasteiger partial charge in [-0.3, -0.25) is 8.98 Å². The van der Waals surface area contributed by atoms with Crippen LogP contribution in [0.25, 0.3) is 0 Å². The number of hydrogen-bond donors (Lipinski definition) is 0. The molecule has 0 radical (unpaired) electrons. The third-order valence-electron chi connectivity index (χ3n) is 8.07. The molecule has 0 saturated carbocycles. The van der Waals surface area contributed by atoms with Crippen LogP contribution in [0, 0.1) is 0 Å². The molecule has 0 aliphatic carbocycles. The highest BCUT2D eigenvalue weighted by Crippen LogP contribution is 2.47. The molecule has 2 saturated heterocycles. The first-order valence-corrected chi connectivity index (χ1v) is 18.3. The second-order valence-corrected chi connectivity index (χ2v) is 14.8. The Morgan fingerprint density at radius 3 is 2.30 bits per heavy atom.